The van der Waals surface area contributed by atoms with Crippen LogP contribution in [0.25, 0.3) is 0 Å². The van der Waals surface area contributed by atoms with Crippen molar-refractivity contribution in [2.45, 2.75) is 26.3 Å². The number of hydrogen-bond acceptors (Lipinski definition) is 4. The van der Waals surface area contributed by atoms with Crippen molar-refractivity contribution in [1.29, 1.82) is 0 Å². The van der Waals surface area contributed by atoms with Gasteiger partial charge < -0.3 is 15.5 Å². The summed E-state index contributed by atoms with van der Waals surface area (Å²) in [6.45, 7) is 6.59. The SMILES string of the molecule is CCc1cc(C(=O)N2CCN(C)C(C)C2)cc(N)n1. The number of nitrogen functional groups attached to an aromatic ring is 1. The lowest BCUT2D eigenvalue weighted by Crippen LogP contribution is -2.52. The zero-order chi connectivity index (χ0) is 14.0. The molecule has 1 atom stereocenters. The molecule has 2 N–H and O–H groups in total. The molecule has 0 radical (unpaired) electrons. The first-order chi connectivity index (χ1) is 9.01. The number of piperazine rings is 1. The predicted molar refractivity (Wildman–Crippen MR) is 76.0 cm³/mol. The Morgan fingerprint density at radius 2 is 2.21 bits per heavy atom. The second-order valence-corrected chi connectivity index (χ2v) is 5.21. The van der Waals surface area contributed by atoms with E-state index in [0.29, 0.717) is 17.4 Å². The number of carbonyl (C=O) groups excluding carboxylic acids is 1. The lowest BCUT2D eigenvalue weighted by molar-refractivity contribution is 0.0572. The molecule has 1 fully saturated rings. The van der Waals surface area contributed by atoms with Crippen molar-refractivity contribution >= 4 is 11.7 Å². The maximum atomic E-state index is 12.5. The minimum absolute atomic E-state index is 0.0590. The second-order valence-electron chi connectivity index (χ2n) is 5.21. The van der Waals surface area contributed by atoms with Crippen LogP contribution in [-0.2, 0) is 6.42 Å². The largest absolute Gasteiger partial charge is 0.384 e. The van der Waals surface area contributed by atoms with Crippen molar-refractivity contribution in [1.82, 2.24) is 14.8 Å². The van der Waals surface area contributed by atoms with Crippen LogP contribution in [0, 0.1) is 0 Å². The molecule has 0 spiro atoms. The molecule has 19 heavy (non-hydrogen) atoms. The summed E-state index contributed by atoms with van der Waals surface area (Å²) in [5, 5.41) is 0. The maximum Gasteiger partial charge on any atom is 0.254 e. The van der Waals surface area contributed by atoms with Crippen LogP contribution >= 0.6 is 0 Å². The molecule has 104 valence electrons. The van der Waals surface area contributed by atoms with Crippen molar-refractivity contribution < 1.29 is 4.79 Å². The van der Waals surface area contributed by atoms with Gasteiger partial charge >= 0.3 is 0 Å². The first kappa shape index (κ1) is 13.8. The molecule has 0 aliphatic carbocycles. The Labute approximate surface area is 114 Å². The van der Waals surface area contributed by atoms with Gasteiger partial charge in [0.05, 0.1) is 0 Å². The third-order valence-electron chi connectivity index (χ3n) is 3.75. The number of pyridine rings is 1. The number of likely N-dealkylation sites (N-methyl/N-ethyl adjacent to an activating group) is 1. The van der Waals surface area contributed by atoms with E-state index in [9.17, 15) is 4.79 Å². The first-order valence-electron chi connectivity index (χ1n) is 6.77. The third kappa shape index (κ3) is 3.04. The van der Waals surface area contributed by atoms with Crippen molar-refractivity contribution in [3.05, 3.63) is 23.4 Å². The highest BCUT2D eigenvalue weighted by molar-refractivity contribution is 5.95. The molecule has 0 aromatic carbocycles. The van der Waals surface area contributed by atoms with Gasteiger partial charge in [-0.3, -0.25) is 4.79 Å². The van der Waals surface area contributed by atoms with Gasteiger partial charge in [-0.05, 0) is 32.5 Å². The number of aryl methyl sites for hydroxylation is 1. The zero-order valence-corrected chi connectivity index (χ0v) is 11.9. The normalized spacial score (nSPS) is 20.6. The molecule has 1 saturated heterocycles. The summed E-state index contributed by atoms with van der Waals surface area (Å²) in [5.41, 5.74) is 7.28. The number of nitrogens with two attached hydrogens (primary N) is 1. The Kier molecular flexibility index (Phi) is 4.04. The van der Waals surface area contributed by atoms with Crippen molar-refractivity contribution in [3.8, 4) is 0 Å². The molecule has 0 bridgehead atoms. The van der Waals surface area contributed by atoms with Gasteiger partial charge in [0, 0.05) is 36.9 Å². The molecular weight excluding hydrogens is 240 g/mol. The highest BCUT2D eigenvalue weighted by atomic mass is 16.2. The molecular formula is C14H22N4O. The fourth-order valence-corrected chi connectivity index (χ4v) is 2.33. The molecule has 5 nitrogen and oxygen atoms in total. The van der Waals surface area contributed by atoms with Gasteiger partial charge in [0.25, 0.3) is 5.91 Å². The van der Waals surface area contributed by atoms with Crippen LogP contribution in [0.1, 0.15) is 29.9 Å². The molecule has 0 saturated carbocycles. The van der Waals surface area contributed by atoms with Crippen LogP contribution in [0.5, 0.6) is 0 Å². The van der Waals surface area contributed by atoms with Gasteiger partial charge in [-0.25, -0.2) is 4.98 Å². The number of amides is 1. The average Bonchev–Trinajstić information content (AvgIpc) is 2.40. The number of nitrogens with zero attached hydrogens (tertiary/aromatic N) is 3. The van der Waals surface area contributed by atoms with Gasteiger partial charge in [-0.2, -0.15) is 0 Å². The molecule has 2 heterocycles. The Bertz CT molecular complexity index is 475. The standard InChI is InChI=1S/C14H22N4O/c1-4-12-7-11(8-13(15)16-12)14(19)18-6-5-17(3)10(2)9-18/h7-8,10H,4-6,9H2,1-3H3,(H2,15,16). The van der Waals surface area contributed by atoms with Crippen LogP contribution < -0.4 is 5.73 Å². The van der Waals surface area contributed by atoms with E-state index in [-0.39, 0.29) is 5.91 Å². The number of rotatable bonds is 2. The van der Waals surface area contributed by atoms with E-state index in [4.69, 9.17) is 5.73 Å². The summed E-state index contributed by atoms with van der Waals surface area (Å²) in [4.78, 5) is 20.9. The van der Waals surface area contributed by atoms with Gasteiger partial charge in [0.1, 0.15) is 5.82 Å². The molecule has 1 amide bonds. The topological polar surface area (TPSA) is 62.5 Å². The van der Waals surface area contributed by atoms with E-state index in [0.717, 1.165) is 31.7 Å². The molecule has 5 heteroatoms. The van der Waals surface area contributed by atoms with E-state index in [2.05, 4.69) is 23.9 Å². The number of anilines is 1. The van der Waals surface area contributed by atoms with Crippen LogP contribution in [-0.4, -0.2) is 53.4 Å². The lowest BCUT2D eigenvalue weighted by atomic mass is 10.1. The molecule has 1 aliphatic heterocycles. The molecule has 1 aromatic heterocycles. The minimum Gasteiger partial charge on any atom is -0.384 e. The first-order valence-corrected chi connectivity index (χ1v) is 6.77. The van der Waals surface area contributed by atoms with Gasteiger partial charge in [-0.1, -0.05) is 6.92 Å². The van der Waals surface area contributed by atoms with Crippen molar-refractivity contribution in [3.63, 3.8) is 0 Å². The highest BCUT2D eigenvalue weighted by Crippen LogP contribution is 2.14. The Morgan fingerprint density at radius 3 is 2.84 bits per heavy atom. The zero-order valence-electron chi connectivity index (χ0n) is 11.9. The van der Waals surface area contributed by atoms with E-state index in [1.165, 1.54) is 0 Å². The predicted octanol–water partition coefficient (Wildman–Crippen LogP) is 1.00. The third-order valence-corrected chi connectivity index (χ3v) is 3.75. The van der Waals surface area contributed by atoms with Crippen molar-refractivity contribution in [2.24, 2.45) is 0 Å². The number of carbonyl (C=O) groups is 1. The molecule has 1 unspecified atom stereocenters. The van der Waals surface area contributed by atoms with Crippen LogP contribution in [0.15, 0.2) is 12.1 Å². The molecule has 1 aromatic rings. The maximum absolute atomic E-state index is 12.5. The summed E-state index contributed by atoms with van der Waals surface area (Å²) in [6.07, 6.45) is 0.782. The van der Waals surface area contributed by atoms with Crippen molar-refractivity contribution in [2.75, 3.05) is 32.4 Å². The summed E-state index contributed by atoms with van der Waals surface area (Å²) in [7, 11) is 2.09. The summed E-state index contributed by atoms with van der Waals surface area (Å²) < 4.78 is 0. The monoisotopic (exact) mass is 262 g/mol. The fraction of sp³-hybridized carbons (Fsp3) is 0.571. The van der Waals surface area contributed by atoms with Crippen LogP contribution in [0.4, 0.5) is 5.82 Å². The Balaban J connectivity index is 2.17. The van der Waals surface area contributed by atoms with Gasteiger partial charge in [-0.15, -0.1) is 0 Å². The second kappa shape index (κ2) is 5.57. The van der Waals surface area contributed by atoms with E-state index < -0.39 is 0 Å². The van der Waals surface area contributed by atoms with E-state index in [1.807, 2.05) is 17.9 Å². The summed E-state index contributed by atoms with van der Waals surface area (Å²) in [6, 6.07) is 3.91. The van der Waals surface area contributed by atoms with E-state index >= 15 is 0 Å². The fourth-order valence-electron chi connectivity index (χ4n) is 2.33. The van der Waals surface area contributed by atoms with Crippen LogP contribution in [0.3, 0.4) is 0 Å². The number of aromatic nitrogens is 1. The van der Waals surface area contributed by atoms with Gasteiger partial charge in [0.15, 0.2) is 0 Å². The molecule has 1 aliphatic rings. The van der Waals surface area contributed by atoms with Crippen LogP contribution in [0.2, 0.25) is 0 Å². The molecule has 2 rings (SSSR count). The Hall–Kier alpha value is -1.62. The summed E-state index contributed by atoms with van der Waals surface area (Å²) >= 11 is 0. The lowest BCUT2D eigenvalue weighted by Gasteiger charge is -2.37. The van der Waals surface area contributed by atoms with E-state index in [1.54, 1.807) is 6.07 Å². The average molecular weight is 262 g/mol. The highest BCUT2D eigenvalue weighted by Gasteiger charge is 2.25. The number of hydrogen-bond donors (Lipinski definition) is 1. The quantitative estimate of drug-likeness (QED) is 0.864. The minimum atomic E-state index is 0.0590. The summed E-state index contributed by atoms with van der Waals surface area (Å²) in [5.74, 6) is 0.480. The Morgan fingerprint density at radius 1 is 1.47 bits per heavy atom. The smallest absolute Gasteiger partial charge is 0.254 e. The van der Waals surface area contributed by atoms with Gasteiger partial charge in [0.2, 0.25) is 0 Å².